The van der Waals surface area contributed by atoms with Gasteiger partial charge in [0.15, 0.2) is 11.3 Å². The zero-order valence-corrected chi connectivity index (χ0v) is 9.93. The van der Waals surface area contributed by atoms with Crippen molar-refractivity contribution in [2.24, 2.45) is 0 Å². The van der Waals surface area contributed by atoms with E-state index in [2.05, 4.69) is 4.98 Å². The largest absolute Gasteiger partial charge is 0.504 e. The number of nitrogens with one attached hydrogen (secondary N) is 1. The molecule has 7 nitrogen and oxygen atoms in total. The van der Waals surface area contributed by atoms with E-state index in [4.69, 9.17) is 15.4 Å². The molecule has 98 valence electrons. The van der Waals surface area contributed by atoms with Gasteiger partial charge in [0.25, 0.3) is 5.56 Å². The number of hydrogen-bond acceptors (Lipinski definition) is 6. The Morgan fingerprint density at radius 2 is 2.05 bits per heavy atom. The van der Waals surface area contributed by atoms with Crippen LogP contribution in [0.1, 0.15) is 5.56 Å². The number of phenols is 1. The minimum absolute atomic E-state index is 0.0795. The zero-order chi connectivity index (χ0) is 14.4. The number of anilines is 1. The van der Waals surface area contributed by atoms with Gasteiger partial charge >= 0.3 is 5.63 Å². The van der Waals surface area contributed by atoms with Crippen molar-refractivity contribution in [2.45, 2.75) is 0 Å². The monoisotopic (exact) mass is 269 g/mol. The lowest BCUT2D eigenvalue weighted by Gasteiger charge is -2.06. The Morgan fingerprint density at radius 3 is 2.75 bits per heavy atom. The third kappa shape index (κ3) is 1.39. The second kappa shape index (κ2) is 3.86. The number of fused-ring (bicyclic) bond motifs is 3. The molecule has 0 saturated heterocycles. The first-order valence-corrected chi connectivity index (χ1v) is 5.55. The topological polar surface area (TPSA) is 133 Å². The minimum Gasteiger partial charge on any atom is -0.504 e. The van der Waals surface area contributed by atoms with Crippen LogP contribution in [0.15, 0.2) is 32.2 Å². The molecule has 1 aromatic carbocycles. The van der Waals surface area contributed by atoms with E-state index in [0.29, 0.717) is 0 Å². The predicted molar refractivity (Wildman–Crippen MR) is 71.4 cm³/mol. The molecule has 0 spiro atoms. The molecular formula is C13H7N3O4. The molecular weight excluding hydrogens is 262 g/mol. The lowest BCUT2D eigenvalue weighted by Crippen LogP contribution is -2.17. The molecule has 3 aromatic rings. The fourth-order valence-corrected chi connectivity index (χ4v) is 2.18. The summed E-state index contributed by atoms with van der Waals surface area (Å²) >= 11 is 0. The molecule has 0 fully saturated rings. The first kappa shape index (κ1) is 11.8. The quantitative estimate of drug-likeness (QED) is 0.408. The van der Waals surface area contributed by atoms with Gasteiger partial charge in [0.1, 0.15) is 22.8 Å². The minimum atomic E-state index is -0.834. The van der Waals surface area contributed by atoms with Gasteiger partial charge in [-0.15, -0.1) is 0 Å². The lowest BCUT2D eigenvalue weighted by molar-refractivity contribution is 0.458. The highest BCUT2D eigenvalue weighted by molar-refractivity contribution is 6.11. The van der Waals surface area contributed by atoms with E-state index >= 15 is 0 Å². The van der Waals surface area contributed by atoms with Gasteiger partial charge in [0.05, 0.1) is 0 Å². The number of nitrogens with two attached hydrogens (primary N) is 1. The number of hydrogen-bond donors (Lipinski definition) is 3. The molecule has 0 atom stereocenters. The van der Waals surface area contributed by atoms with Crippen molar-refractivity contribution in [3.63, 3.8) is 0 Å². The summed E-state index contributed by atoms with van der Waals surface area (Å²) in [6, 6.07) is 6.11. The number of aromatic hydroxyl groups is 1. The van der Waals surface area contributed by atoms with Gasteiger partial charge in [-0.3, -0.25) is 4.79 Å². The smallest absolute Gasteiger partial charge is 0.348 e. The Kier molecular flexibility index (Phi) is 2.28. The summed E-state index contributed by atoms with van der Waals surface area (Å²) in [4.78, 5) is 26.0. The molecule has 20 heavy (non-hydrogen) atoms. The highest BCUT2D eigenvalue weighted by Crippen LogP contribution is 2.30. The van der Waals surface area contributed by atoms with Gasteiger partial charge < -0.3 is 20.2 Å². The van der Waals surface area contributed by atoms with Crippen molar-refractivity contribution in [2.75, 3.05) is 5.73 Å². The highest BCUT2D eigenvalue weighted by atomic mass is 16.4. The van der Waals surface area contributed by atoms with Crippen molar-refractivity contribution in [1.29, 1.82) is 5.26 Å². The fourth-order valence-electron chi connectivity index (χ4n) is 2.18. The van der Waals surface area contributed by atoms with Crippen LogP contribution in [0.25, 0.3) is 21.7 Å². The van der Waals surface area contributed by atoms with E-state index in [0.717, 1.165) is 0 Å². The van der Waals surface area contributed by atoms with Gasteiger partial charge in [-0.05, 0) is 6.07 Å². The van der Waals surface area contributed by atoms with E-state index in [1.54, 1.807) is 6.07 Å². The van der Waals surface area contributed by atoms with Crippen LogP contribution in [0.3, 0.4) is 0 Å². The lowest BCUT2D eigenvalue weighted by atomic mass is 10.0. The SMILES string of the molecule is N#Cc1c(=O)[nH]c(N)c2c(=O)oc3c(O)cccc3c12. The summed E-state index contributed by atoms with van der Waals surface area (Å²) in [6.45, 7) is 0. The van der Waals surface area contributed by atoms with Crippen LogP contribution in [-0.2, 0) is 0 Å². The maximum atomic E-state index is 12.0. The van der Waals surface area contributed by atoms with E-state index in [1.165, 1.54) is 18.2 Å². The molecule has 2 heterocycles. The number of rotatable bonds is 0. The van der Waals surface area contributed by atoms with Gasteiger partial charge in [-0.2, -0.15) is 5.26 Å². The van der Waals surface area contributed by atoms with E-state index < -0.39 is 11.2 Å². The number of nitrogens with zero attached hydrogens (tertiary/aromatic N) is 1. The van der Waals surface area contributed by atoms with Gasteiger partial charge in [0, 0.05) is 10.8 Å². The Morgan fingerprint density at radius 1 is 1.30 bits per heavy atom. The van der Waals surface area contributed by atoms with Crippen molar-refractivity contribution >= 4 is 27.6 Å². The molecule has 0 amide bonds. The zero-order valence-electron chi connectivity index (χ0n) is 9.93. The number of pyridine rings is 1. The average molecular weight is 269 g/mol. The summed E-state index contributed by atoms with van der Waals surface area (Å²) in [5.74, 6) is -0.438. The summed E-state index contributed by atoms with van der Waals surface area (Å²) in [5, 5.41) is 19.1. The summed E-state index contributed by atoms with van der Waals surface area (Å²) < 4.78 is 5.01. The number of phenolic OH excluding ortho intramolecular Hbond substituents is 1. The van der Waals surface area contributed by atoms with Gasteiger partial charge in [0.2, 0.25) is 0 Å². The molecule has 0 aliphatic carbocycles. The number of aromatic nitrogens is 1. The number of nitrogen functional groups attached to an aromatic ring is 1. The van der Waals surface area contributed by atoms with Crippen LogP contribution < -0.4 is 16.9 Å². The van der Waals surface area contributed by atoms with Crippen LogP contribution in [0.5, 0.6) is 5.75 Å². The van der Waals surface area contributed by atoms with Crippen molar-refractivity contribution in [1.82, 2.24) is 4.98 Å². The van der Waals surface area contributed by atoms with Crippen molar-refractivity contribution in [3.8, 4) is 11.8 Å². The second-order valence-corrected chi connectivity index (χ2v) is 4.15. The maximum absolute atomic E-state index is 12.0. The predicted octanol–water partition coefficient (Wildman–Crippen LogP) is 0.794. The highest BCUT2D eigenvalue weighted by Gasteiger charge is 2.18. The van der Waals surface area contributed by atoms with Crippen molar-refractivity contribution < 1.29 is 9.52 Å². The van der Waals surface area contributed by atoms with Crippen LogP contribution in [0.4, 0.5) is 5.82 Å². The first-order chi connectivity index (χ1) is 9.54. The number of H-pyrrole nitrogens is 1. The molecule has 0 radical (unpaired) electrons. The molecule has 0 bridgehead atoms. The van der Waals surface area contributed by atoms with E-state index in [9.17, 15) is 14.7 Å². The van der Waals surface area contributed by atoms with Crippen LogP contribution in [0.2, 0.25) is 0 Å². The Labute approximate surface area is 110 Å². The number of benzene rings is 1. The second-order valence-electron chi connectivity index (χ2n) is 4.15. The third-order valence-corrected chi connectivity index (χ3v) is 3.02. The molecule has 0 aliphatic rings. The third-order valence-electron chi connectivity index (χ3n) is 3.02. The first-order valence-electron chi connectivity index (χ1n) is 5.55. The number of aromatic amines is 1. The molecule has 4 N–H and O–H groups in total. The average Bonchev–Trinajstić information content (AvgIpc) is 2.40. The number of para-hydroxylation sites is 1. The Balaban J connectivity index is 2.83. The summed E-state index contributed by atoms with van der Waals surface area (Å²) in [7, 11) is 0. The molecule has 0 saturated carbocycles. The van der Waals surface area contributed by atoms with Crippen molar-refractivity contribution in [3.05, 3.63) is 44.5 Å². The molecule has 0 unspecified atom stereocenters. The standard InChI is InChI=1S/C13H7N3O4/c14-4-6-8-5-2-1-3-7(17)10(5)20-13(19)9(8)11(15)16-12(6)18/h1-3,17H,(H3,15,16,18). The Bertz CT molecular complexity index is 1020. The molecule has 0 aliphatic heterocycles. The van der Waals surface area contributed by atoms with E-state index in [-0.39, 0.29) is 38.9 Å². The number of nitriles is 1. The fraction of sp³-hybridized carbons (Fsp3) is 0. The van der Waals surface area contributed by atoms with E-state index in [1.807, 2.05) is 0 Å². The summed E-state index contributed by atoms with van der Waals surface area (Å²) in [5.41, 5.74) is 3.74. The van der Waals surface area contributed by atoms with Gasteiger partial charge in [-0.25, -0.2) is 4.79 Å². The van der Waals surface area contributed by atoms with Crippen LogP contribution in [0, 0.1) is 11.3 Å². The molecule has 3 rings (SSSR count). The van der Waals surface area contributed by atoms with Gasteiger partial charge in [-0.1, -0.05) is 12.1 Å². The van der Waals surface area contributed by atoms with Crippen LogP contribution >= 0.6 is 0 Å². The van der Waals surface area contributed by atoms with Crippen LogP contribution in [-0.4, -0.2) is 10.1 Å². The molecule has 7 heteroatoms. The summed E-state index contributed by atoms with van der Waals surface area (Å²) in [6.07, 6.45) is 0. The Hall–Kier alpha value is -3.27. The maximum Gasteiger partial charge on any atom is 0.348 e. The molecule has 2 aromatic heterocycles. The normalized spacial score (nSPS) is 10.8.